The fourth-order valence-electron chi connectivity index (χ4n) is 1.21. The Morgan fingerprint density at radius 3 is 2.31 bits per heavy atom. The molecule has 0 fully saturated rings. The largest absolute Gasteiger partial charge is 0.479 e. The molecule has 1 aromatic heterocycles. The number of ketones is 1. The van der Waals surface area contributed by atoms with Gasteiger partial charge in [0, 0.05) is 18.0 Å². The molecule has 4 N–H and O–H groups in total. The minimum absolute atomic E-state index is 0.0980. The molecule has 0 aliphatic rings. The van der Waals surface area contributed by atoms with Gasteiger partial charge in [0.1, 0.15) is 0 Å². The number of nitrogens with two attached hydrogens (primary N) is 1. The van der Waals surface area contributed by atoms with Crippen molar-refractivity contribution in [2.45, 2.75) is 18.6 Å². The van der Waals surface area contributed by atoms with Crippen molar-refractivity contribution in [1.82, 2.24) is 4.98 Å². The second-order valence-electron chi connectivity index (χ2n) is 3.42. The van der Waals surface area contributed by atoms with Gasteiger partial charge in [0.2, 0.25) is 5.54 Å². The van der Waals surface area contributed by atoms with Crippen LogP contribution in [0, 0.1) is 0 Å². The first-order valence-corrected chi connectivity index (χ1v) is 4.56. The SMILES string of the molecule is C[C@@H](O)[C@](N)(C(=O)O)C(=O)c1ccncc1. The summed E-state index contributed by atoms with van der Waals surface area (Å²) in [5, 5.41) is 18.2. The molecule has 0 unspecified atom stereocenters. The summed E-state index contributed by atoms with van der Waals surface area (Å²) < 4.78 is 0. The summed E-state index contributed by atoms with van der Waals surface area (Å²) in [4.78, 5) is 26.5. The Morgan fingerprint density at radius 1 is 1.44 bits per heavy atom. The van der Waals surface area contributed by atoms with Crippen LogP contribution < -0.4 is 5.73 Å². The molecule has 1 heterocycles. The number of rotatable bonds is 4. The van der Waals surface area contributed by atoms with Crippen molar-refractivity contribution < 1.29 is 19.8 Å². The first kappa shape index (κ1) is 12.3. The van der Waals surface area contributed by atoms with E-state index in [1.54, 1.807) is 0 Å². The average Bonchev–Trinajstić information content (AvgIpc) is 2.27. The highest BCUT2D eigenvalue weighted by Crippen LogP contribution is 2.15. The summed E-state index contributed by atoms with van der Waals surface area (Å²) >= 11 is 0. The quantitative estimate of drug-likeness (QED) is 0.466. The minimum atomic E-state index is -2.33. The molecule has 2 atom stereocenters. The molecule has 0 aliphatic heterocycles. The zero-order valence-corrected chi connectivity index (χ0v) is 8.62. The van der Waals surface area contributed by atoms with Crippen LogP contribution in [0.3, 0.4) is 0 Å². The van der Waals surface area contributed by atoms with E-state index in [1.165, 1.54) is 24.5 Å². The van der Waals surface area contributed by atoms with E-state index in [1.807, 2.05) is 0 Å². The van der Waals surface area contributed by atoms with Crippen LogP contribution in [0.2, 0.25) is 0 Å². The normalized spacial score (nSPS) is 16.2. The van der Waals surface area contributed by atoms with Gasteiger partial charge in [0.25, 0.3) is 0 Å². The van der Waals surface area contributed by atoms with Crippen LogP contribution in [0.5, 0.6) is 0 Å². The molecular weight excluding hydrogens is 212 g/mol. The lowest BCUT2D eigenvalue weighted by molar-refractivity contribution is -0.144. The van der Waals surface area contributed by atoms with E-state index in [-0.39, 0.29) is 5.56 Å². The Bertz CT molecular complexity index is 405. The third kappa shape index (κ3) is 1.93. The molecule has 1 aromatic rings. The van der Waals surface area contributed by atoms with E-state index < -0.39 is 23.4 Å². The number of aliphatic carboxylic acids is 1. The van der Waals surface area contributed by atoms with Crippen LogP contribution in [-0.2, 0) is 4.79 Å². The number of hydrogen-bond acceptors (Lipinski definition) is 5. The summed E-state index contributed by atoms with van der Waals surface area (Å²) in [6.45, 7) is 1.16. The highest BCUT2D eigenvalue weighted by Gasteiger charge is 2.47. The first-order valence-electron chi connectivity index (χ1n) is 4.56. The molecule has 1 rings (SSSR count). The van der Waals surface area contributed by atoms with Crippen LogP contribution in [0.1, 0.15) is 17.3 Å². The Morgan fingerprint density at radius 2 is 1.94 bits per heavy atom. The fraction of sp³-hybridized carbons (Fsp3) is 0.300. The first-order chi connectivity index (χ1) is 7.40. The van der Waals surface area contributed by atoms with Gasteiger partial charge in [-0.25, -0.2) is 4.79 Å². The van der Waals surface area contributed by atoms with E-state index in [4.69, 9.17) is 10.8 Å². The van der Waals surface area contributed by atoms with E-state index in [0.29, 0.717) is 0 Å². The molecule has 86 valence electrons. The number of nitrogens with zero attached hydrogens (tertiary/aromatic N) is 1. The molecule has 0 aromatic carbocycles. The molecule has 0 amide bonds. The number of aliphatic hydroxyl groups excluding tert-OH is 1. The van der Waals surface area contributed by atoms with Crippen molar-refractivity contribution >= 4 is 11.8 Å². The third-order valence-electron chi connectivity index (χ3n) is 2.33. The molecule has 0 saturated carbocycles. The van der Waals surface area contributed by atoms with Gasteiger partial charge in [0.15, 0.2) is 5.78 Å². The maximum atomic E-state index is 11.9. The summed E-state index contributed by atoms with van der Waals surface area (Å²) in [6, 6.07) is 2.69. The van der Waals surface area contributed by atoms with E-state index in [0.717, 1.165) is 6.92 Å². The number of Topliss-reactive ketones (excluding diaryl/α,β-unsaturated/α-hetero) is 1. The van der Waals surface area contributed by atoms with Gasteiger partial charge in [-0.1, -0.05) is 0 Å². The lowest BCUT2D eigenvalue weighted by Crippen LogP contribution is -2.62. The van der Waals surface area contributed by atoms with Crippen molar-refractivity contribution in [2.75, 3.05) is 0 Å². The maximum Gasteiger partial charge on any atom is 0.334 e. The number of carbonyl (C=O) groups excluding carboxylic acids is 1. The Kier molecular flexibility index (Phi) is 3.36. The highest BCUT2D eigenvalue weighted by molar-refractivity contribution is 6.16. The van der Waals surface area contributed by atoms with Gasteiger partial charge < -0.3 is 15.9 Å². The molecule has 0 radical (unpaired) electrons. The Hall–Kier alpha value is -1.79. The van der Waals surface area contributed by atoms with Gasteiger partial charge in [-0.15, -0.1) is 0 Å². The van der Waals surface area contributed by atoms with Crippen LogP contribution in [0.25, 0.3) is 0 Å². The van der Waals surface area contributed by atoms with E-state index >= 15 is 0 Å². The predicted molar refractivity (Wildman–Crippen MR) is 54.8 cm³/mol. The highest BCUT2D eigenvalue weighted by atomic mass is 16.4. The second-order valence-corrected chi connectivity index (χ2v) is 3.42. The monoisotopic (exact) mass is 224 g/mol. The molecule has 0 bridgehead atoms. The lowest BCUT2D eigenvalue weighted by atomic mass is 9.86. The van der Waals surface area contributed by atoms with Crippen molar-refractivity contribution in [3.8, 4) is 0 Å². The average molecular weight is 224 g/mol. The smallest absolute Gasteiger partial charge is 0.334 e. The number of aliphatic hydroxyl groups is 1. The fourth-order valence-corrected chi connectivity index (χ4v) is 1.21. The number of pyridine rings is 1. The van der Waals surface area contributed by atoms with Crippen molar-refractivity contribution in [1.29, 1.82) is 0 Å². The molecule has 0 saturated heterocycles. The standard InChI is InChI=1S/C10H12N2O4/c1-6(13)10(11,9(15)16)8(14)7-2-4-12-5-3-7/h2-6,13H,11H2,1H3,(H,15,16)/t6-,10-/m1/s1. The molecule has 0 spiro atoms. The van der Waals surface area contributed by atoms with E-state index in [9.17, 15) is 14.7 Å². The summed E-state index contributed by atoms with van der Waals surface area (Å²) in [5.41, 5.74) is 3.21. The molecule has 6 heteroatoms. The molecular formula is C10H12N2O4. The van der Waals surface area contributed by atoms with Crippen LogP contribution >= 0.6 is 0 Å². The number of hydrogen-bond donors (Lipinski definition) is 3. The summed E-state index contributed by atoms with van der Waals surface area (Å²) in [7, 11) is 0. The van der Waals surface area contributed by atoms with Gasteiger partial charge in [-0.2, -0.15) is 0 Å². The second kappa shape index (κ2) is 4.38. The van der Waals surface area contributed by atoms with Crippen molar-refractivity contribution in [3.63, 3.8) is 0 Å². The number of carbonyl (C=O) groups is 2. The zero-order valence-electron chi connectivity index (χ0n) is 8.62. The molecule has 16 heavy (non-hydrogen) atoms. The zero-order chi connectivity index (χ0) is 12.3. The van der Waals surface area contributed by atoms with Gasteiger partial charge in [-0.05, 0) is 19.1 Å². The summed E-state index contributed by atoms with van der Waals surface area (Å²) in [5.74, 6) is -2.42. The molecule has 0 aliphatic carbocycles. The van der Waals surface area contributed by atoms with Gasteiger partial charge in [0.05, 0.1) is 6.10 Å². The van der Waals surface area contributed by atoms with Crippen LogP contribution in [0.15, 0.2) is 24.5 Å². The van der Waals surface area contributed by atoms with Gasteiger partial charge >= 0.3 is 5.97 Å². The number of aromatic nitrogens is 1. The topological polar surface area (TPSA) is 114 Å². The Balaban J connectivity index is 3.17. The summed E-state index contributed by atoms with van der Waals surface area (Å²) in [6.07, 6.45) is 1.19. The number of carboxylic acids is 1. The predicted octanol–water partition coefficient (Wildman–Crippen LogP) is -0.573. The van der Waals surface area contributed by atoms with Crippen LogP contribution in [0.4, 0.5) is 0 Å². The third-order valence-corrected chi connectivity index (χ3v) is 2.33. The van der Waals surface area contributed by atoms with Gasteiger partial charge in [-0.3, -0.25) is 9.78 Å². The lowest BCUT2D eigenvalue weighted by Gasteiger charge is -2.25. The van der Waals surface area contributed by atoms with Crippen molar-refractivity contribution in [2.24, 2.45) is 5.73 Å². The maximum absolute atomic E-state index is 11.9. The molecule has 6 nitrogen and oxygen atoms in total. The number of carboxylic acid groups (broad SMARTS) is 1. The minimum Gasteiger partial charge on any atom is -0.479 e. The Labute approximate surface area is 91.7 Å². The van der Waals surface area contributed by atoms with Crippen molar-refractivity contribution in [3.05, 3.63) is 30.1 Å². The van der Waals surface area contributed by atoms with E-state index in [2.05, 4.69) is 4.98 Å². The van der Waals surface area contributed by atoms with Crippen LogP contribution in [-0.4, -0.2) is 38.6 Å².